The maximum Gasteiger partial charge on any atom is 0.183 e. The predicted molar refractivity (Wildman–Crippen MR) is 74.2 cm³/mol. The van der Waals surface area contributed by atoms with Gasteiger partial charge in [-0.1, -0.05) is 35.2 Å². The molecule has 18 heavy (non-hydrogen) atoms. The zero-order valence-corrected chi connectivity index (χ0v) is 12.5. The van der Waals surface area contributed by atoms with E-state index in [2.05, 4.69) is 15.9 Å². The van der Waals surface area contributed by atoms with E-state index in [9.17, 15) is 13.5 Å². The summed E-state index contributed by atoms with van der Waals surface area (Å²) in [6, 6.07) is 6.62. The van der Waals surface area contributed by atoms with Gasteiger partial charge in [-0.2, -0.15) is 0 Å². The van der Waals surface area contributed by atoms with Crippen LogP contribution in [-0.4, -0.2) is 24.9 Å². The lowest BCUT2D eigenvalue weighted by molar-refractivity contribution is 0.160. The van der Waals surface area contributed by atoms with E-state index >= 15 is 0 Å². The van der Waals surface area contributed by atoms with Gasteiger partial charge in [-0.3, -0.25) is 0 Å². The monoisotopic (exact) mass is 332 g/mol. The van der Waals surface area contributed by atoms with Gasteiger partial charge >= 0.3 is 0 Å². The number of aliphatic hydroxyl groups excluding tert-OH is 1. The van der Waals surface area contributed by atoms with Crippen molar-refractivity contribution in [3.63, 3.8) is 0 Å². The lowest BCUT2D eigenvalue weighted by Gasteiger charge is -2.20. The molecule has 1 saturated carbocycles. The molecule has 0 heterocycles. The van der Waals surface area contributed by atoms with Crippen LogP contribution in [0.2, 0.25) is 0 Å². The Morgan fingerprint density at radius 2 is 1.67 bits per heavy atom. The fourth-order valence-corrected chi connectivity index (χ4v) is 4.57. The number of hydrogen-bond donors (Lipinski definition) is 1. The van der Waals surface area contributed by atoms with Gasteiger partial charge in [-0.05, 0) is 37.1 Å². The molecule has 0 bridgehead atoms. The highest BCUT2D eigenvalue weighted by Crippen LogP contribution is 2.28. The summed E-state index contributed by atoms with van der Waals surface area (Å²) in [5, 5.41) is 9.36. The summed E-state index contributed by atoms with van der Waals surface area (Å²) in [4.78, 5) is 0.302. The largest absolute Gasteiger partial charge is 0.392 e. The van der Waals surface area contributed by atoms with Crippen molar-refractivity contribution in [3.8, 4) is 0 Å². The van der Waals surface area contributed by atoms with Crippen LogP contribution in [0.5, 0.6) is 0 Å². The zero-order valence-electron chi connectivity index (χ0n) is 10.0. The lowest BCUT2D eigenvalue weighted by Crippen LogP contribution is -2.33. The van der Waals surface area contributed by atoms with Gasteiger partial charge in [-0.25, -0.2) is 8.42 Å². The predicted octanol–water partition coefficient (Wildman–Crippen LogP) is 2.92. The Bertz CT molecular complexity index is 495. The van der Waals surface area contributed by atoms with Crippen molar-refractivity contribution in [3.05, 3.63) is 28.7 Å². The van der Waals surface area contributed by atoms with Crippen molar-refractivity contribution < 1.29 is 13.5 Å². The molecule has 0 amide bonds. The molecule has 0 spiro atoms. The normalized spacial score (nSPS) is 25.7. The van der Waals surface area contributed by atoms with Crippen LogP contribution >= 0.6 is 15.9 Å². The molecule has 0 saturated heterocycles. The Morgan fingerprint density at radius 1 is 1.06 bits per heavy atom. The first kappa shape index (κ1) is 14.0. The summed E-state index contributed by atoms with van der Waals surface area (Å²) in [6.45, 7) is 0. The van der Waals surface area contributed by atoms with Crippen LogP contribution in [0.3, 0.4) is 0 Å². The van der Waals surface area contributed by atoms with E-state index in [-0.39, 0.29) is 0 Å². The molecular formula is C13H17BrO3S. The van der Waals surface area contributed by atoms with Gasteiger partial charge in [0.25, 0.3) is 0 Å². The van der Waals surface area contributed by atoms with Crippen LogP contribution in [0.25, 0.3) is 0 Å². The minimum atomic E-state index is -3.42. The van der Waals surface area contributed by atoms with Gasteiger partial charge in [-0.15, -0.1) is 0 Å². The van der Waals surface area contributed by atoms with E-state index < -0.39 is 21.2 Å². The van der Waals surface area contributed by atoms with Crippen molar-refractivity contribution in [1.29, 1.82) is 0 Å². The molecule has 0 aliphatic heterocycles. The highest BCUT2D eigenvalue weighted by atomic mass is 79.9. The highest BCUT2D eigenvalue weighted by Gasteiger charge is 2.34. The fourth-order valence-electron chi connectivity index (χ4n) is 2.42. The first-order valence-electron chi connectivity index (χ1n) is 6.19. The Morgan fingerprint density at radius 3 is 2.33 bits per heavy atom. The van der Waals surface area contributed by atoms with E-state index in [1.165, 1.54) is 0 Å². The van der Waals surface area contributed by atoms with Crippen molar-refractivity contribution in [1.82, 2.24) is 0 Å². The molecule has 100 valence electrons. The Balaban J connectivity index is 2.31. The fraction of sp³-hybridized carbons (Fsp3) is 0.538. The molecule has 3 nitrogen and oxygen atoms in total. The van der Waals surface area contributed by atoms with Gasteiger partial charge in [0.05, 0.1) is 16.2 Å². The average molecular weight is 333 g/mol. The molecule has 2 atom stereocenters. The van der Waals surface area contributed by atoms with Crippen LogP contribution in [-0.2, 0) is 9.84 Å². The Labute approximate surface area is 116 Å². The number of sulfone groups is 1. The molecule has 2 unspecified atom stereocenters. The topological polar surface area (TPSA) is 54.4 Å². The third kappa shape index (κ3) is 2.95. The van der Waals surface area contributed by atoms with Crippen LogP contribution < -0.4 is 0 Å². The molecule has 0 radical (unpaired) electrons. The lowest BCUT2D eigenvalue weighted by atomic mass is 10.1. The van der Waals surface area contributed by atoms with Crippen molar-refractivity contribution in [2.45, 2.75) is 48.4 Å². The quantitative estimate of drug-likeness (QED) is 0.847. The Hall–Kier alpha value is -0.390. The summed E-state index contributed by atoms with van der Waals surface area (Å²) < 4.78 is 25.8. The molecule has 1 aromatic carbocycles. The number of rotatable bonds is 2. The van der Waals surface area contributed by atoms with Crippen molar-refractivity contribution in [2.75, 3.05) is 0 Å². The van der Waals surface area contributed by atoms with E-state index in [0.717, 1.165) is 23.7 Å². The van der Waals surface area contributed by atoms with Crippen LogP contribution in [0, 0.1) is 0 Å². The molecular weight excluding hydrogens is 316 g/mol. The second-order valence-electron chi connectivity index (χ2n) is 4.74. The number of aliphatic hydroxyl groups is 1. The minimum absolute atomic E-state index is 0.302. The summed E-state index contributed by atoms with van der Waals surface area (Å²) in [5.74, 6) is 0. The minimum Gasteiger partial charge on any atom is -0.392 e. The smallest absolute Gasteiger partial charge is 0.183 e. The first-order valence-corrected chi connectivity index (χ1v) is 8.53. The molecule has 1 aromatic rings. The van der Waals surface area contributed by atoms with Crippen LogP contribution in [0.4, 0.5) is 0 Å². The maximum atomic E-state index is 12.5. The van der Waals surface area contributed by atoms with E-state index in [1.807, 2.05) is 0 Å². The molecule has 0 aromatic heterocycles. The number of hydrogen-bond acceptors (Lipinski definition) is 3. The third-order valence-electron chi connectivity index (χ3n) is 3.46. The van der Waals surface area contributed by atoms with Gasteiger partial charge in [0.1, 0.15) is 0 Å². The summed E-state index contributed by atoms with van der Waals surface area (Å²) in [7, 11) is -3.42. The zero-order chi connectivity index (χ0) is 13.2. The molecule has 1 aliphatic carbocycles. The summed E-state index contributed by atoms with van der Waals surface area (Å²) in [5.41, 5.74) is 0. The summed E-state index contributed by atoms with van der Waals surface area (Å²) >= 11 is 3.29. The maximum absolute atomic E-state index is 12.5. The van der Waals surface area contributed by atoms with Gasteiger partial charge < -0.3 is 5.11 Å². The van der Waals surface area contributed by atoms with E-state index in [0.29, 0.717) is 17.7 Å². The van der Waals surface area contributed by atoms with Gasteiger partial charge in [0, 0.05) is 4.47 Å². The van der Waals surface area contributed by atoms with Crippen LogP contribution in [0.15, 0.2) is 33.6 Å². The molecule has 2 rings (SSSR count). The van der Waals surface area contributed by atoms with Crippen molar-refractivity contribution in [2.24, 2.45) is 0 Å². The molecule has 1 N–H and O–H groups in total. The summed E-state index contributed by atoms with van der Waals surface area (Å²) in [6.07, 6.45) is 3.19. The van der Waals surface area contributed by atoms with Gasteiger partial charge in [0.15, 0.2) is 9.84 Å². The van der Waals surface area contributed by atoms with E-state index in [4.69, 9.17) is 0 Å². The third-order valence-corrected chi connectivity index (χ3v) is 6.26. The molecule has 1 aliphatic rings. The Kier molecular flexibility index (Phi) is 4.45. The SMILES string of the molecule is O=S(=O)(c1ccc(Br)cc1)C1CCCCCC1O. The van der Waals surface area contributed by atoms with E-state index in [1.54, 1.807) is 24.3 Å². The van der Waals surface area contributed by atoms with Crippen LogP contribution in [0.1, 0.15) is 32.1 Å². The first-order chi connectivity index (χ1) is 8.51. The second kappa shape index (κ2) is 5.72. The second-order valence-corrected chi connectivity index (χ2v) is 7.83. The number of halogens is 1. The molecule has 5 heteroatoms. The average Bonchev–Trinajstić information content (AvgIpc) is 2.55. The van der Waals surface area contributed by atoms with Gasteiger partial charge in [0.2, 0.25) is 0 Å². The highest BCUT2D eigenvalue weighted by molar-refractivity contribution is 9.10. The van der Waals surface area contributed by atoms with Crippen molar-refractivity contribution >= 4 is 25.8 Å². The standard InChI is InChI=1S/C13H17BrO3S/c14-10-6-8-11(9-7-10)18(16,17)13-5-3-1-2-4-12(13)15/h6-9,12-13,15H,1-5H2. The molecule has 1 fully saturated rings. The number of benzene rings is 1.